The molecule has 0 atom stereocenters. The smallest absolute Gasteiger partial charge is 0.256 e. The van der Waals surface area contributed by atoms with E-state index in [2.05, 4.69) is 4.98 Å². The van der Waals surface area contributed by atoms with Crippen molar-refractivity contribution in [2.75, 3.05) is 5.75 Å². The molecule has 0 aliphatic heterocycles. The molecule has 0 spiro atoms. The summed E-state index contributed by atoms with van der Waals surface area (Å²) >= 11 is 1.31. The third-order valence-electron chi connectivity index (χ3n) is 3.49. The van der Waals surface area contributed by atoms with Crippen molar-refractivity contribution in [2.45, 2.75) is 19.1 Å². The van der Waals surface area contributed by atoms with Gasteiger partial charge in [0.15, 0.2) is 5.78 Å². The first-order valence-electron chi connectivity index (χ1n) is 7.55. The Morgan fingerprint density at radius 3 is 2.33 bits per heavy atom. The highest BCUT2D eigenvalue weighted by Crippen LogP contribution is 2.23. The van der Waals surface area contributed by atoms with E-state index < -0.39 is 0 Å². The molecule has 2 aromatic carbocycles. The third-order valence-corrected chi connectivity index (χ3v) is 4.32. The van der Waals surface area contributed by atoms with E-state index in [1.165, 1.54) is 11.8 Å². The topological polar surface area (TPSA) is 52.3 Å². The first-order valence-corrected chi connectivity index (χ1v) is 8.53. The zero-order valence-corrected chi connectivity index (χ0v) is 14.3. The van der Waals surface area contributed by atoms with E-state index in [4.69, 9.17) is 9.15 Å². The van der Waals surface area contributed by atoms with Crippen LogP contribution in [-0.2, 0) is 0 Å². The molecule has 1 heterocycles. The van der Waals surface area contributed by atoms with Crippen molar-refractivity contribution in [1.82, 2.24) is 4.98 Å². The number of hydrogen-bond donors (Lipinski definition) is 0. The predicted octanol–water partition coefficient (Wildman–Crippen LogP) is 5.06. The van der Waals surface area contributed by atoms with Gasteiger partial charge in [0, 0.05) is 5.56 Å². The first-order chi connectivity index (χ1) is 11.6. The molecular weight excluding hydrogens is 322 g/mol. The van der Waals surface area contributed by atoms with E-state index in [-0.39, 0.29) is 11.5 Å². The zero-order chi connectivity index (χ0) is 16.9. The summed E-state index contributed by atoms with van der Waals surface area (Å²) < 4.78 is 11.2. The van der Waals surface area contributed by atoms with Crippen LogP contribution < -0.4 is 4.74 Å². The number of thioether (sulfide) groups is 1. The Balaban J connectivity index is 1.59. The second-order valence-electron chi connectivity index (χ2n) is 5.27. The molecule has 0 bridgehead atoms. The molecule has 5 heteroatoms. The number of para-hydroxylation sites is 1. The standard InChI is InChI=1S/C19H17NO3S/c1-13-14(2)22-19(20-13)24-12-18(21)15-8-10-17(11-9-15)23-16-6-4-3-5-7-16/h3-11H,12H2,1-2H3. The van der Waals surface area contributed by atoms with Crippen LogP contribution >= 0.6 is 11.8 Å². The van der Waals surface area contributed by atoms with Gasteiger partial charge in [-0.15, -0.1) is 0 Å². The van der Waals surface area contributed by atoms with Gasteiger partial charge in [-0.3, -0.25) is 4.79 Å². The Morgan fingerprint density at radius 1 is 1.04 bits per heavy atom. The Bertz CT molecular complexity index is 806. The number of nitrogens with zero attached hydrogens (tertiary/aromatic N) is 1. The lowest BCUT2D eigenvalue weighted by atomic mass is 10.1. The van der Waals surface area contributed by atoms with Gasteiger partial charge in [0.1, 0.15) is 17.3 Å². The highest BCUT2D eigenvalue weighted by Gasteiger charge is 2.11. The second-order valence-corrected chi connectivity index (χ2v) is 6.20. The van der Waals surface area contributed by atoms with Crippen molar-refractivity contribution >= 4 is 17.5 Å². The van der Waals surface area contributed by atoms with Gasteiger partial charge >= 0.3 is 0 Å². The fourth-order valence-corrected chi connectivity index (χ4v) is 2.86. The summed E-state index contributed by atoms with van der Waals surface area (Å²) in [6, 6.07) is 16.7. The van der Waals surface area contributed by atoms with E-state index >= 15 is 0 Å². The lowest BCUT2D eigenvalue weighted by Crippen LogP contribution is -2.02. The fraction of sp³-hybridized carbons (Fsp3) is 0.158. The number of carbonyl (C=O) groups is 1. The SMILES string of the molecule is Cc1nc(SCC(=O)c2ccc(Oc3ccccc3)cc2)oc1C. The maximum Gasteiger partial charge on any atom is 0.256 e. The number of Topliss-reactive ketones (excluding diaryl/α,β-unsaturated/α-hetero) is 1. The molecule has 0 N–H and O–H groups in total. The maximum atomic E-state index is 12.2. The summed E-state index contributed by atoms with van der Waals surface area (Å²) in [5, 5.41) is 0.530. The van der Waals surface area contributed by atoms with E-state index in [1.54, 1.807) is 24.3 Å². The minimum atomic E-state index is 0.0276. The zero-order valence-electron chi connectivity index (χ0n) is 13.5. The molecule has 122 valence electrons. The Kier molecular flexibility index (Phi) is 5.01. The van der Waals surface area contributed by atoms with Crippen LogP contribution in [0.25, 0.3) is 0 Å². The molecule has 0 saturated heterocycles. The van der Waals surface area contributed by atoms with Crippen molar-refractivity contribution in [2.24, 2.45) is 0 Å². The van der Waals surface area contributed by atoms with Crippen LogP contribution in [0.1, 0.15) is 21.8 Å². The summed E-state index contributed by atoms with van der Waals surface area (Å²) in [5.74, 6) is 2.57. The second kappa shape index (κ2) is 7.36. The Hall–Kier alpha value is -2.53. The van der Waals surface area contributed by atoms with E-state index in [9.17, 15) is 4.79 Å². The van der Waals surface area contributed by atoms with Crippen LogP contribution in [0.2, 0.25) is 0 Å². The van der Waals surface area contributed by atoms with Gasteiger partial charge in [0.05, 0.1) is 11.4 Å². The number of rotatable bonds is 6. The highest BCUT2D eigenvalue weighted by atomic mass is 32.2. The fourth-order valence-electron chi connectivity index (χ4n) is 2.05. The molecule has 3 aromatic rings. The van der Waals surface area contributed by atoms with E-state index in [0.29, 0.717) is 16.5 Å². The van der Waals surface area contributed by atoms with Gasteiger partial charge in [-0.2, -0.15) is 0 Å². The number of aryl methyl sites for hydroxylation is 2. The number of carbonyl (C=O) groups excluding carboxylic acids is 1. The molecule has 24 heavy (non-hydrogen) atoms. The molecule has 0 aliphatic carbocycles. The number of ether oxygens (including phenoxy) is 1. The minimum Gasteiger partial charge on any atom is -0.457 e. The summed E-state index contributed by atoms with van der Waals surface area (Å²) in [4.78, 5) is 16.5. The molecule has 0 saturated carbocycles. The number of hydrogen-bond acceptors (Lipinski definition) is 5. The van der Waals surface area contributed by atoms with Crippen molar-refractivity contribution in [3.05, 3.63) is 71.6 Å². The molecule has 0 unspecified atom stereocenters. The largest absolute Gasteiger partial charge is 0.457 e. The Morgan fingerprint density at radius 2 is 1.71 bits per heavy atom. The van der Waals surface area contributed by atoms with Gasteiger partial charge in [0.25, 0.3) is 5.22 Å². The van der Waals surface area contributed by atoms with E-state index in [0.717, 1.165) is 17.2 Å². The molecule has 4 nitrogen and oxygen atoms in total. The molecule has 0 fully saturated rings. The van der Waals surface area contributed by atoms with Crippen molar-refractivity contribution in [3.63, 3.8) is 0 Å². The molecular formula is C19H17NO3S. The van der Waals surface area contributed by atoms with Crippen LogP contribution in [-0.4, -0.2) is 16.5 Å². The summed E-state index contributed by atoms with van der Waals surface area (Å²) in [6.45, 7) is 3.75. The van der Waals surface area contributed by atoms with Gasteiger partial charge in [-0.25, -0.2) is 4.98 Å². The van der Waals surface area contributed by atoms with Crippen LogP contribution in [0.4, 0.5) is 0 Å². The van der Waals surface area contributed by atoms with Crippen LogP contribution in [0.15, 0.2) is 64.2 Å². The normalized spacial score (nSPS) is 10.6. The summed E-state index contributed by atoms with van der Waals surface area (Å²) in [5.41, 5.74) is 1.50. The number of aromatic nitrogens is 1. The highest BCUT2D eigenvalue weighted by molar-refractivity contribution is 7.99. The average Bonchev–Trinajstić information content (AvgIpc) is 2.92. The van der Waals surface area contributed by atoms with Crippen molar-refractivity contribution in [3.8, 4) is 11.5 Å². The monoisotopic (exact) mass is 339 g/mol. The van der Waals surface area contributed by atoms with Crippen LogP contribution in [0, 0.1) is 13.8 Å². The summed E-state index contributed by atoms with van der Waals surface area (Å²) in [6.07, 6.45) is 0. The van der Waals surface area contributed by atoms with Gasteiger partial charge in [-0.05, 0) is 50.2 Å². The van der Waals surface area contributed by atoms with Crippen molar-refractivity contribution in [1.29, 1.82) is 0 Å². The van der Waals surface area contributed by atoms with Gasteiger partial charge < -0.3 is 9.15 Å². The van der Waals surface area contributed by atoms with Gasteiger partial charge in [-0.1, -0.05) is 30.0 Å². The molecule has 0 aliphatic rings. The van der Waals surface area contributed by atoms with E-state index in [1.807, 2.05) is 44.2 Å². The quantitative estimate of drug-likeness (QED) is 0.464. The van der Waals surface area contributed by atoms with Gasteiger partial charge in [0.2, 0.25) is 0 Å². The van der Waals surface area contributed by atoms with Crippen molar-refractivity contribution < 1.29 is 13.9 Å². The first kappa shape index (κ1) is 16.3. The Labute approximate surface area is 144 Å². The van der Waals surface area contributed by atoms with Crippen LogP contribution in [0.3, 0.4) is 0 Å². The maximum absolute atomic E-state index is 12.2. The number of ketones is 1. The molecule has 0 radical (unpaired) electrons. The van der Waals surface area contributed by atoms with Crippen LogP contribution in [0.5, 0.6) is 11.5 Å². The lowest BCUT2D eigenvalue weighted by molar-refractivity contribution is 0.102. The molecule has 1 aromatic heterocycles. The molecule has 0 amide bonds. The number of oxazole rings is 1. The number of benzene rings is 2. The minimum absolute atomic E-state index is 0.0276. The lowest BCUT2D eigenvalue weighted by Gasteiger charge is -2.06. The predicted molar refractivity (Wildman–Crippen MR) is 94.0 cm³/mol. The average molecular weight is 339 g/mol. The summed E-state index contributed by atoms with van der Waals surface area (Å²) in [7, 11) is 0. The molecule has 3 rings (SSSR count). The third kappa shape index (κ3) is 4.06.